The molecular weight excluding hydrogens is 368 g/mol. The molecule has 148 valence electrons. The zero-order valence-electron chi connectivity index (χ0n) is 15.9. The molecular formula is C20H26O6S. The van der Waals surface area contributed by atoms with Crippen molar-refractivity contribution in [3.8, 4) is 0 Å². The number of carbonyl (C=O) groups is 1. The fourth-order valence-corrected chi connectivity index (χ4v) is 6.17. The third-order valence-electron chi connectivity index (χ3n) is 7.04. The van der Waals surface area contributed by atoms with Gasteiger partial charge in [0.05, 0.1) is 0 Å². The quantitative estimate of drug-likeness (QED) is 0.556. The average molecular weight is 394 g/mol. The van der Waals surface area contributed by atoms with Crippen molar-refractivity contribution in [1.82, 2.24) is 0 Å². The summed E-state index contributed by atoms with van der Waals surface area (Å²) >= 11 is 1.37. The maximum Gasteiger partial charge on any atom is 0.350 e. The van der Waals surface area contributed by atoms with Crippen LogP contribution in [0.1, 0.15) is 56.1 Å². The summed E-state index contributed by atoms with van der Waals surface area (Å²) in [5, 5.41) is 1.86. The van der Waals surface area contributed by atoms with Crippen LogP contribution in [0, 0.1) is 23.7 Å². The fourth-order valence-electron chi connectivity index (χ4n) is 5.56. The molecule has 7 heteroatoms. The number of rotatable bonds is 2. The smallest absolute Gasteiger partial charge is 0.350 e. The van der Waals surface area contributed by atoms with Gasteiger partial charge in [-0.2, -0.15) is 0 Å². The molecule has 5 aliphatic rings. The highest BCUT2D eigenvalue weighted by atomic mass is 32.1. The van der Waals surface area contributed by atoms with Crippen LogP contribution in [0.2, 0.25) is 0 Å². The molecule has 0 unspecified atom stereocenters. The highest BCUT2D eigenvalue weighted by Crippen LogP contribution is 2.60. The van der Waals surface area contributed by atoms with Crippen LogP contribution in [-0.2, 0) is 24.0 Å². The predicted octanol–water partition coefficient (Wildman–Crippen LogP) is 4.11. The summed E-state index contributed by atoms with van der Waals surface area (Å²) in [5.41, 5.74) is -0.626. The Hall–Kier alpha value is -0.990. The summed E-state index contributed by atoms with van der Waals surface area (Å²) in [6.07, 6.45) is 2.62. The van der Waals surface area contributed by atoms with Crippen LogP contribution in [0.25, 0.3) is 0 Å². The maximum absolute atomic E-state index is 12.5. The van der Waals surface area contributed by atoms with Crippen molar-refractivity contribution in [3.05, 3.63) is 22.4 Å². The van der Waals surface area contributed by atoms with Crippen LogP contribution in [0.4, 0.5) is 0 Å². The second-order valence-corrected chi connectivity index (χ2v) is 9.60. The lowest BCUT2D eigenvalue weighted by atomic mass is 9.58. The molecule has 8 atom stereocenters. The van der Waals surface area contributed by atoms with Gasteiger partial charge in [-0.05, 0) is 49.5 Å². The summed E-state index contributed by atoms with van der Waals surface area (Å²) in [6.45, 7) is 6.26. The van der Waals surface area contributed by atoms with Gasteiger partial charge >= 0.3 is 5.97 Å². The van der Waals surface area contributed by atoms with Crippen molar-refractivity contribution in [3.63, 3.8) is 0 Å². The molecule has 0 amide bonds. The highest BCUT2D eigenvalue weighted by Gasteiger charge is 2.69. The van der Waals surface area contributed by atoms with E-state index in [2.05, 4.69) is 13.8 Å². The van der Waals surface area contributed by atoms with E-state index in [1.54, 1.807) is 6.07 Å². The number of fused-ring (bicyclic) bond motifs is 2. The van der Waals surface area contributed by atoms with Gasteiger partial charge in [0.1, 0.15) is 4.88 Å². The van der Waals surface area contributed by atoms with E-state index in [4.69, 9.17) is 24.0 Å². The Labute approximate surface area is 163 Å². The molecule has 1 spiro atoms. The van der Waals surface area contributed by atoms with E-state index in [0.717, 1.165) is 25.7 Å². The topological polar surface area (TPSA) is 63.2 Å². The molecule has 1 aliphatic carbocycles. The number of carbonyl (C=O) groups excluding carboxylic acids is 1. The van der Waals surface area contributed by atoms with Gasteiger partial charge in [0, 0.05) is 18.3 Å². The van der Waals surface area contributed by atoms with Crippen molar-refractivity contribution >= 4 is 17.3 Å². The summed E-state index contributed by atoms with van der Waals surface area (Å²) < 4.78 is 18.3. The molecule has 6 nitrogen and oxygen atoms in total. The molecule has 0 N–H and O–H groups in total. The molecule has 5 heterocycles. The van der Waals surface area contributed by atoms with Crippen molar-refractivity contribution in [2.45, 2.75) is 70.4 Å². The summed E-state index contributed by atoms with van der Waals surface area (Å²) in [6, 6.07) is 3.61. The number of ether oxygens (including phenoxy) is 3. The van der Waals surface area contributed by atoms with E-state index in [-0.39, 0.29) is 17.8 Å². The first-order valence-electron chi connectivity index (χ1n) is 9.87. The second-order valence-electron chi connectivity index (χ2n) is 8.66. The van der Waals surface area contributed by atoms with E-state index in [0.29, 0.717) is 16.7 Å². The minimum absolute atomic E-state index is 0.00480. The average Bonchev–Trinajstić information content (AvgIpc) is 3.09. The van der Waals surface area contributed by atoms with E-state index < -0.39 is 24.0 Å². The van der Waals surface area contributed by atoms with Gasteiger partial charge in [-0.3, -0.25) is 0 Å². The maximum atomic E-state index is 12.5. The number of thiophene rings is 1. The van der Waals surface area contributed by atoms with Gasteiger partial charge in [0.15, 0.2) is 11.9 Å². The Bertz CT molecular complexity index is 722. The molecule has 5 fully saturated rings. The largest absolute Gasteiger partial charge is 0.431 e. The van der Waals surface area contributed by atoms with Crippen LogP contribution < -0.4 is 0 Å². The predicted molar refractivity (Wildman–Crippen MR) is 96.6 cm³/mol. The van der Waals surface area contributed by atoms with E-state index in [9.17, 15) is 4.79 Å². The molecule has 6 rings (SSSR count). The first-order chi connectivity index (χ1) is 12.9. The Morgan fingerprint density at radius 1 is 1.22 bits per heavy atom. The Kier molecular flexibility index (Phi) is 4.19. The number of hydrogen-bond donors (Lipinski definition) is 0. The van der Waals surface area contributed by atoms with Crippen LogP contribution in [0.15, 0.2) is 17.5 Å². The molecule has 1 aromatic rings. The normalized spacial score (nSPS) is 48.6. The van der Waals surface area contributed by atoms with E-state index >= 15 is 0 Å². The van der Waals surface area contributed by atoms with Crippen LogP contribution >= 0.6 is 11.3 Å². The molecule has 4 aliphatic heterocycles. The number of hydrogen-bond acceptors (Lipinski definition) is 7. The highest BCUT2D eigenvalue weighted by molar-refractivity contribution is 7.11. The monoisotopic (exact) mass is 394 g/mol. The summed E-state index contributed by atoms with van der Waals surface area (Å²) in [7, 11) is 0. The summed E-state index contributed by atoms with van der Waals surface area (Å²) in [4.78, 5) is 25.0. The van der Waals surface area contributed by atoms with Gasteiger partial charge < -0.3 is 14.2 Å². The van der Waals surface area contributed by atoms with Gasteiger partial charge in [0.25, 0.3) is 0 Å². The third kappa shape index (κ3) is 2.63. The molecule has 27 heavy (non-hydrogen) atoms. The number of esters is 1. The van der Waals surface area contributed by atoms with Gasteiger partial charge in [-0.25, -0.2) is 14.6 Å². The first kappa shape index (κ1) is 18.1. The van der Waals surface area contributed by atoms with Gasteiger partial charge in [0.2, 0.25) is 12.1 Å². The minimum atomic E-state index is -0.819. The van der Waals surface area contributed by atoms with Crippen LogP contribution in [0.5, 0.6) is 0 Å². The van der Waals surface area contributed by atoms with Crippen molar-refractivity contribution in [2.75, 3.05) is 0 Å². The zero-order chi connectivity index (χ0) is 18.8. The zero-order valence-corrected chi connectivity index (χ0v) is 16.7. The third-order valence-corrected chi connectivity index (χ3v) is 7.89. The van der Waals surface area contributed by atoms with Crippen molar-refractivity contribution in [2.24, 2.45) is 23.7 Å². The lowest BCUT2D eigenvalue weighted by Crippen LogP contribution is -2.70. The Morgan fingerprint density at radius 2 is 2.07 bits per heavy atom. The van der Waals surface area contributed by atoms with Gasteiger partial charge in [-0.1, -0.05) is 19.9 Å². The standard InChI is InChI=1S/C20H26O6S/c1-11-6-7-14-12(2)17(22-16(21)15-5-4-10-27-15)23-18-20(14)13(11)8-9-19(3,24-18)25-26-20/h4-5,10-14,17-18H,6-9H2,1-3H3/t11-,12-,13+,14-,17+,18-,19-,20-/m1/s1. The summed E-state index contributed by atoms with van der Waals surface area (Å²) in [5.74, 6) is -0.198. The Balaban J connectivity index is 1.47. The van der Waals surface area contributed by atoms with E-state index in [1.165, 1.54) is 11.3 Å². The van der Waals surface area contributed by atoms with Crippen LogP contribution in [0.3, 0.4) is 0 Å². The minimum Gasteiger partial charge on any atom is -0.431 e. The first-order valence-corrected chi connectivity index (χ1v) is 10.8. The molecule has 0 aromatic carbocycles. The SMILES string of the molecule is C[C@H]1[C@@H](OC(=O)c2cccs2)O[C@@H]2O[C@@]3(C)CC[C@H]4[C@H](C)CC[C@H]1[C@@]24OO3. The lowest BCUT2D eigenvalue weighted by molar-refractivity contribution is -0.576. The van der Waals surface area contributed by atoms with Crippen molar-refractivity contribution < 1.29 is 28.8 Å². The lowest BCUT2D eigenvalue weighted by Gasteiger charge is -2.59. The second kappa shape index (κ2) is 6.26. The van der Waals surface area contributed by atoms with Gasteiger partial charge in [-0.15, -0.1) is 11.3 Å². The fraction of sp³-hybridized carbons (Fsp3) is 0.750. The van der Waals surface area contributed by atoms with Crippen LogP contribution in [-0.4, -0.2) is 29.9 Å². The molecule has 1 aromatic heterocycles. The van der Waals surface area contributed by atoms with E-state index in [1.807, 2.05) is 18.4 Å². The Morgan fingerprint density at radius 3 is 2.85 bits per heavy atom. The molecule has 2 bridgehead atoms. The molecule has 4 saturated heterocycles. The molecule has 1 saturated carbocycles. The van der Waals surface area contributed by atoms with Crippen molar-refractivity contribution in [1.29, 1.82) is 0 Å². The molecule has 0 radical (unpaired) electrons.